The first-order valence-electron chi connectivity index (χ1n) is 11.9. The first-order chi connectivity index (χ1) is 15.0. The highest BCUT2D eigenvalue weighted by Crippen LogP contribution is 2.29. The molecule has 0 aromatic carbocycles. The molecule has 168 valence electrons. The second-order valence-electron chi connectivity index (χ2n) is 9.27. The molecular formula is C24H34N4O3. The molecule has 0 spiro atoms. The molecule has 1 aromatic rings. The SMILES string of the molecule is CCCN1CC(C(=O)N2CCC(c3ccc(C(=O)NC4CCCC4)cn3)CC2)CC1=O. The second kappa shape index (κ2) is 9.79. The summed E-state index contributed by atoms with van der Waals surface area (Å²) in [5.41, 5.74) is 1.61. The molecule has 0 bridgehead atoms. The Morgan fingerprint density at radius 3 is 2.52 bits per heavy atom. The van der Waals surface area contributed by atoms with E-state index in [1.54, 1.807) is 6.20 Å². The molecule has 3 aliphatic rings. The molecule has 1 unspecified atom stereocenters. The lowest BCUT2D eigenvalue weighted by molar-refractivity contribution is -0.136. The highest BCUT2D eigenvalue weighted by molar-refractivity contribution is 5.94. The van der Waals surface area contributed by atoms with E-state index in [9.17, 15) is 14.4 Å². The van der Waals surface area contributed by atoms with Gasteiger partial charge in [-0.3, -0.25) is 19.4 Å². The number of carbonyl (C=O) groups is 3. The number of pyridine rings is 1. The van der Waals surface area contributed by atoms with Crippen LogP contribution in [-0.2, 0) is 9.59 Å². The average molecular weight is 427 g/mol. The predicted octanol–water partition coefficient (Wildman–Crippen LogP) is 2.72. The number of likely N-dealkylation sites (tertiary alicyclic amines) is 2. The summed E-state index contributed by atoms with van der Waals surface area (Å²) in [7, 11) is 0. The van der Waals surface area contributed by atoms with Crippen LogP contribution in [0.15, 0.2) is 18.3 Å². The molecule has 1 aliphatic carbocycles. The number of rotatable bonds is 6. The van der Waals surface area contributed by atoms with Crippen molar-refractivity contribution in [2.24, 2.45) is 5.92 Å². The number of hydrogen-bond acceptors (Lipinski definition) is 4. The minimum absolute atomic E-state index is 0.0328. The maximum absolute atomic E-state index is 12.9. The molecule has 7 heteroatoms. The third-order valence-corrected chi connectivity index (χ3v) is 7.02. The van der Waals surface area contributed by atoms with Crippen molar-refractivity contribution in [2.75, 3.05) is 26.2 Å². The van der Waals surface area contributed by atoms with Crippen LogP contribution in [0.2, 0.25) is 0 Å². The zero-order valence-electron chi connectivity index (χ0n) is 18.5. The third-order valence-electron chi connectivity index (χ3n) is 7.02. The van der Waals surface area contributed by atoms with E-state index in [0.29, 0.717) is 43.6 Å². The monoisotopic (exact) mass is 426 g/mol. The average Bonchev–Trinajstić information content (AvgIpc) is 3.43. The molecule has 0 radical (unpaired) electrons. The lowest BCUT2D eigenvalue weighted by Crippen LogP contribution is -2.42. The Hall–Kier alpha value is -2.44. The molecule has 3 heterocycles. The quantitative estimate of drug-likeness (QED) is 0.758. The van der Waals surface area contributed by atoms with Gasteiger partial charge in [0.25, 0.3) is 5.91 Å². The van der Waals surface area contributed by atoms with Crippen molar-refractivity contribution in [3.63, 3.8) is 0 Å². The Kier molecular flexibility index (Phi) is 6.88. The Bertz CT molecular complexity index is 796. The summed E-state index contributed by atoms with van der Waals surface area (Å²) in [6.07, 6.45) is 9.22. The topological polar surface area (TPSA) is 82.6 Å². The zero-order valence-corrected chi connectivity index (χ0v) is 18.5. The van der Waals surface area contributed by atoms with E-state index in [-0.39, 0.29) is 23.6 Å². The van der Waals surface area contributed by atoms with Crippen LogP contribution >= 0.6 is 0 Å². The molecule has 3 fully saturated rings. The molecule has 3 amide bonds. The van der Waals surface area contributed by atoms with E-state index in [1.165, 1.54) is 12.8 Å². The highest BCUT2D eigenvalue weighted by atomic mass is 16.2. The molecule has 1 atom stereocenters. The van der Waals surface area contributed by atoms with Gasteiger partial charge in [0.1, 0.15) is 0 Å². The van der Waals surface area contributed by atoms with E-state index in [2.05, 4.69) is 17.2 Å². The van der Waals surface area contributed by atoms with Crippen molar-refractivity contribution in [3.8, 4) is 0 Å². The van der Waals surface area contributed by atoms with Crippen LogP contribution in [-0.4, -0.2) is 64.7 Å². The van der Waals surface area contributed by atoms with Crippen molar-refractivity contribution in [1.82, 2.24) is 20.1 Å². The lowest BCUT2D eigenvalue weighted by Gasteiger charge is -2.33. The van der Waals surface area contributed by atoms with E-state index in [0.717, 1.165) is 44.3 Å². The first-order valence-corrected chi connectivity index (χ1v) is 11.9. The summed E-state index contributed by atoms with van der Waals surface area (Å²) in [6.45, 7) is 4.76. The van der Waals surface area contributed by atoms with Gasteiger partial charge in [-0.1, -0.05) is 19.8 Å². The van der Waals surface area contributed by atoms with Gasteiger partial charge in [-0.15, -0.1) is 0 Å². The van der Waals surface area contributed by atoms with Gasteiger partial charge in [-0.05, 0) is 44.2 Å². The predicted molar refractivity (Wildman–Crippen MR) is 117 cm³/mol. The normalized spacial score (nSPS) is 22.9. The lowest BCUT2D eigenvalue weighted by atomic mass is 9.92. The van der Waals surface area contributed by atoms with E-state index >= 15 is 0 Å². The minimum atomic E-state index is -0.189. The van der Waals surface area contributed by atoms with E-state index in [4.69, 9.17) is 0 Å². The van der Waals surface area contributed by atoms with Gasteiger partial charge in [-0.2, -0.15) is 0 Å². The third kappa shape index (κ3) is 5.08. The summed E-state index contributed by atoms with van der Waals surface area (Å²) in [4.78, 5) is 45.7. The Morgan fingerprint density at radius 2 is 1.87 bits per heavy atom. The molecule has 4 rings (SSSR count). The molecule has 1 saturated carbocycles. The van der Waals surface area contributed by atoms with Gasteiger partial charge in [0.05, 0.1) is 11.5 Å². The number of amides is 3. The molecule has 2 saturated heterocycles. The number of nitrogens with zero attached hydrogens (tertiary/aromatic N) is 3. The maximum Gasteiger partial charge on any atom is 0.253 e. The van der Waals surface area contributed by atoms with Gasteiger partial charge in [0.2, 0.25) is 11.8 Å². The fourth-order valence-electron chi connectivity index (χ4n) is 5.20. The Morgan fingerprint density at radius 1 is 1.13 bits per heavy atom. The smallest absolute Gasteiger partial charge is 0.253 e. The first kappa shape index (κ1) is 21.8. The fraction of sp³-hybridized carbons (Fsp3) is 0.667. The van der Waals surface area contributed by atoms with Crippen LogP contribution in [0.1, 0.15) is 80.3 Å². The largest absolute Gasteiger partial charge is 0.349 e. The van der Waals surface area contributed by atoms with E-state index < -0.39 is 0 Å². The van der Waals surface area contributed by atoms with Crippen LogP contribution in [0, 0.1) is 5.92 Å². The zero-order chi connectivity index (χ0) is 21.8. The fourth-order valence-corrected chi connectivity index (χ4v) is 5.20. The van der Waals surface area contributed by atoms with Gasteiger partial charge in [0, 0.05) is 56.5 Å². The van der Waals surface area contributed by atoms with Gasteiger partial charge >= 0.3 is 0 Å². The van der Waals surface area contributed by atoms with E-state index in [1.807, 2.05) is 21.9 Å². The van der Waals surface area contributed by atoms with Gasteiger partial charge in [0.15, 0.2) is 0 Å². The van der Waals surface area contributed by atoms with Crippen molar-refractivity contribution in [1.29, 1.82) is 0 Å². The molecule has 7 nitrogen and oxygen atoms in total. The van der Waals surface area contributed by atoms with Crippen LogP contribution in [0.5, 0.6) is 0 Å². The summed E-state index contributed by atoms with van der Waals surface area (Å²) in [5, 5.41) is 3.10. The van der Waals surface area contributed by atoms with Crippen molar-refractivity contribution in [2.45, 2.75) is 70.3 Å². The van der Waals surface area contributed by atoms with Crippen LogP contribution in [0.25, 0.3) is 0 Å². The van der Waals surface area contributed by atoms with Crippen molar-refractivity contribution >= 4 is 17.7 Å². The molecule has 2 aliphatic heterocycles. The summed E-state index contributed by atoms with van der Waals surface area (Å²) in [6, 6.07) is 4.14. The Labute approximate surface area is 184 Å². The molecule has 1 N–H and O–H groups in total. The van der Waals surface area contributed by atoms with Crippen LogP contribution in [0.3, 0.4) is 0 Å². The standard InChI is InChI=1S/C24H34N4O3/c1-2-11-28-16-19(14-22(28)29)24(31)27-12-9-17(10-13-27)21-8-7-18(15-25-21)23(30)26-20-5-3-4-6-20/h7-8,15,17,19-20H,2-6,9-14,16H2,1H3,(H,26,30). The Balaban J connectivity index is 1.27. The summed E-state index contributed by atoms with van der Waals surface area (Å²) in [5.74, 6) is 0.312. The van der Waals surface area contributed by atoms with Crippen molar-refractivity contribution < 1.29 is 14.4 Å². The minimum Gasteiger partial charge on any atom is -0.349 e. The van der Waals surface area contributed by atoms with Gasteiger partial charge < -0.3 is 15.1 Å². The molecule has 31 heavy (non-hydrogen) atoms. The second-order valence-corrected chi connectivity index (χ2v) is 9.27. The molecular weight excluding hydrogens is 392 g/mol. The maximum atomic E-state index is 12.9. The number of aromatic nitrogens is 1. The molecule has 1 aromatic heterocycles. The highest BCUT2D eigenvalue weighted by Gasteiger charge is 2.37. The number of piperidine rings is 1. The van der Waals surface area contributed by atoms with Crippen molar-refractivity contribution in [3.05, 3.63) is 29.6 Å². The summed E-state index contributed by atoms with van der Waals surface area (Å²) < 4.78 is 0. The summed E-state index contributed by atoms with van der Waals surface area (Å²) >= 11 is 0. The van der Waals surface area contributed by atoms with Gasteiger partial charge in [-0.25, -0.2) is 0 Å². The number of nitrogens with one attached hydrogen (secondary N) is 1. The van der Waals surface area contributed by atoms with Crippen LogP contribution < -0.4 is 5.32 Å². The van der Waals surface area contributed by atoms with Crippen LogP contribution in [0.4, 0.5) is 0 Å². The number of carbonyl (C=O) groups excluding carboxylic acids is 3. The number of hydrogen-bond donors (Lipinski definition) is 1.